The molecule has 0 atom stereocenters. The predicted molar refractivity (Wildman–Crippen MR) is 147 cm³/mol. The number of thiophene rings is 2. The van der Waals surface area contributed by atoms with Gasteiger partial charge in [0.25, 0.3) is 0 Å². The highest BCUT2D eigenvalue weighted by Gasteiger charge is 2.13. The lowest BCUT2D eigenvalue weighted by Gasteiger charge is -2.03. The molecule has 170 valence electrons. The zero-order valence-corrected chi connectivity index (χ0v) is 23.6. The van der Waals surface area contributed by atoms with Crippen LogP contribution in [0.3, 0.4) is 0 Å². The van der Waals surface area contributed by atoms with Crippen LogP contribution in [0.1, 0.15) is 108 Å². The van der Waals surface area contributed by atoms with Crippen LogP contribution in [0.2, 0.25) is 0 Å². The van der Waals surface area contributed by atoms with Crippen molar-refractivity contribution in [3.63, 3.8) is 0 Å². The summed E-state index contributed by atoms with van der Waals surface area (Å²) < 4.78 is 1.35. The van der Waals surface area contributed by atoms with Gasteiger partial charge in [-0.1, -0.05) is 93.5 Å². The van der Waals surface area contributed by atoms with E-state index in [1.54, 1.807) is 5.56 Å². The van der Waals surface area contributed by atoms with Gasteiger partial charge in [0, 0.05) is 15.1 Å². The highest BCUT2D eigenvalue weighted by atomic mass is 79.9. The minimum Gasteiger partial charge on any atom is -0.143 e. The van der Waals surface area contributed by atoms with Gasteiger partial charge in [0.15, 0.2) is 0 Å². The van der Waals surface area contributed by atoms with Crippen molar-refractivity contribution in [2.45, 2.75) is 110 Å². The molecule has 0 aliphatic rings. The minimum absolute atomic E-state index is 1.14. The Morgan fingerprint density at radius 3 is 1.93 bits per heavy atom. The lowest BCUT2D eigenvalue weighted by atomic mass is 10.0. The summed E-state index contributed by atoms with van der Waals surface area (Å²) in [6.07, 6.45) is 21.8. The maximum Gasteiger partial charge on any atom is 0.0737 e. The molecule has 0 fully saturated rings. The largest absolute Gasteiger partial charge is 0.143 e. The Bertz CT molecular complexity index is 674. The van der Waals surface area contributed by atoms with Gasteiger partial charge in [-0.05, 0) is 76.7 Å². The van der Waals surface area contributed by atoms with Gasteiger partial charge < -0.3 is 0 Å². The molecule has 0 unspecified atom stereocenters. The van der Waals surface area contributed by atoms with Gasteiger partial charge in [0.05, 0.1) is 3.79 Å². The average Bonchev–Trinajstić information content (AvgIpc) is 3.35. The van der Waals surface area contributed by atoms with E-state index in [0.29, 0.717) is 0 Å². The Morgan fingerprint density at radius 1 is 0.733 bits per heavy atom. The van der Waals surface area contributed by atoms with Crippen LogP contribution in [0.4, 0.5) is 0 Å². The Hall–Kier alpha value is 0.360. The Labute approximate surface area is 210 Å². The lowest BCUT2D eigenvalue weighted by molar-refractivity contribution is 0.556. The fraction of sp³-hybridized carbons (Fsp3) is 0.692. The van der Waals surface area contributed by atoms with Crippen molar-refractivity contribution in [1.29, 1.82) is 0 Å². The Kier molecular flexibility index (Phi) is 15.0. The van der Waals surface area contributed by atoms with E-state index >= 15 is 0 Å². The van der Waals surface area contributed by atoms with Crippen LogP contribution >= 0.6 is 54.5 Å². The van der Waals surface area contributed by atoms with Crippen LogP contribution in [0.15, 0.2) is 21.3 Å². The molecule has 2 aromatic heterocycles. The number of alkyl halides is 1. The summed E-state index contributed by atoms with van der Waals surface area (Å²) in [5.41, 5.74) is 3.07. The smallest absolute Gasteiger partial charge is 0.0737 e. The van der Waals surface area contributed by atoms with Gasteiger partial charge in [-0.15, -0.1) is 22.7 Å². The molecule has 2 heterocycles. The first-order valence-corrected chi connectivity index (χ1v) is 15.8. The Morgan fingerprint density at radius 2 is 1.30 bits per heavy atom. The second-order valence-electron chi connectivity index (χ2n) is 8.47. The molecule has 0 spiro atoms. The highest BCUT2D eigenvalue weighted by Crippen LogP contribution is 2.40. The maximum atomic E-state index is 3.85. The van der Waals surface area contributed by atoms with Crippen molar-refractivity contribution >= 4 is 54.5 Å². The van der Waals surface area contributed by atoms with Crippen LogP contribution in [-0.2, 0) is 12.8 Å². The fourth-order valence-electron chi connectivity index (χ4n) is 4.00. The maximum absolute atomic E-state index is 3.85. The van der Waals surface area contributed by atoms with Crippen LogP contribution in [0.25, 0.3) is 9.75 Å². The van der Waals surface area contributed by atoms with Gasteiger partial charge in [0.2, 0.25) is 0 Å². The normalized spacial score (nSPS) is 11.4. The molecule has 2 aromatic rings. The summed E-state index contributed by atoms with van der Waals surface area (Å²) in [5, 5.41) is 3.42. The summed E-state index contributed by atoms with van der Waals surface area (Å²) in [5.74, 6) is 0. The highest BCUT2D eigenvalue weighted by molar-refractivity contribution is 9.11. The predicted octanol–water partition coefficient (Wildman–Crippen LogP) is 11.2. The summed E-state index contributed by atoms with van der Waals surface area (Å²) in [6, 6.07) is 4.81. The average molecular weight is 577 g/mol. The summed E-state index contributed by atoms with van der Waals surface area (Å²) >= 11 is 11.2. The molecule has 0 bridgehead atoms. The van der Waals surface area contributed by atoms with Crippen LogP contribution in [-0.4, -0.2) is 5.33 Å². The van der Waals surface area contributed by atoms with E-state index in [2.05, 4.69) is 56.3 Å². The molecular weight excluding hydrogens is 536 g/mol. The first-order valence-electron chi connectivity index (χ1n) is 12.2. The summed E-state index contributed by atoms with van der Waals surface area (Å²) in [4.78, 5) is 2.98. The number of hydrogen-bond donors (Lipinski definition) is 0. The molecule has 0 aromatic carbocycles. The summed E-state index contributed by atoms with van der Waals surface area (Å²) in [6.45, 7) is 2.29. The first-order chi connectivity index (χ1) is 14.8. The van der Waals surface area contributed by atoms with Crippen LogP contribution in [0, 0.1) is 0 Å². The van der Waals surface area contributed by atoms with E-state index in [4.69, 9.17) is 0 Å². The lowest BCUT2D eigenvalue weighted by Crippen LogP contribution is -1.87. The number of aryl methyl sites for hydroxylation is 2. The van der Waals surface area contributed by atoms with Crippen molar-refractivity contribution in [2.75, 3.05) is 5.33 Å². The zero-order valence-electron chi connectivity index (χ0n) is 18.8. The van der Waals surface area contributed by atoms with E-state index in [9.17, 15) is 0 Å². The third-order valence-corrected chi connectivity index (χ3v) is 9.52. The SMILES string of the molecule is CCCCCCCCCCCCc1cc(-c2sccc2CCCCCCBr)sc1Br. The second kappa shape index (κ2) is 16.9. The van der Waals surface area contributed by atoms with E-state index in [1.165, 1.54) is 122 Å². The molecule has 0 aliphatic heterocycles. The molecule has 0 radical (unpaired) electrons. The molecule has 0 N–H and O–H groups in total. The van der Waals surface area contributed by atoms with Crippen molar-refractivity contribution in [3.8, 4) is 9.75 Å². The second-order valence-corrected chi connectivity index (χ2v) is 12.5. The van der Waals surface area contributed by atoms with Crippen molar-refractivity contribution in [3.05, 3.63) is 32.4 Å². The number of unbranched alkanes of at least 4 members (excludes halogenated alkanes) is 12. The van der Waals surface area contributed by atoms with E-state index in [0.717, 1.165) is 5.33 Å². The number of halogens is 2. The fourth-order valence-corrected chi connectivity index (χ4v) is 7.28. The molecule has 0 saturated carbocycles. The van der Waals surface area contributed by atoms with Crippen LogP contribution in [0.5, 0.6) is 0 Å². The van der Waals surface area contributed by atoms with Gasteiger partial charge in [-0.25, -0.2) is 0 Å². The monoisotopic (exact) mass is 574 g/mol. The van der Waals surface area contributed by atoms with Gasteiger partial charge in [-0.3, -0.25) is 0 Å². The number of rotatable bonds is 18. The molecule has 4 heteroatoms. The van der Waals surface area contributed by atoms with Crippen molar-refractivity contribution < 1.29 is 0 Å². The quantitative estimate of drug-likeness (QED) is 0.122. The van der Waals surface area contributed by atoms with Gasteiger partial charge in [-0.2, -0.15) is 0 Å². The molecule has 2 rings (SSSR count). The van der Waals surface area contributed by atoms with Crippen molar-refractivity contribution in [1.82, 2.24) is 0 Å². The first kappa shape index (κ1) is 26.6. The zero-order chi connectivity index (χ0) is 21.4. The van der Waals surface area contributed by atoms with E-state index in [-0.39, 0.29) is 0 Å². The Balaban J connectivity index is 1.68. The van der Waals surface area contributed by atoms with E-state index < -0.39 is 0 Å². The molecule has 0 nitrogen and oxygen atoms in total. The molecule has 30 heavy (non-hydrogen) atoms. The van der Waals surface area contributed by atoms with Crippen LogP contribution < -0.4 is 0 Å². The molecule has 0 saturated heterocycles. The third-order valence-electron chi connectivity index (χ3n) is 5.86. The van der Waals surface area contributed by atoms with Gasteiger partial charge in [0.1, 0.15) is 0 Å². The van der Waals surface area contributed by atoms with Crippen molar-refractivity contribution in [2.24, 2.45) is 0 Å². The van der Waals surface area contributed by atoms with Gasteiger partial charge >= 0.3 is 0 Å². The van der Waals surface area contributed by atoms with E-state index in [1.807, 2.05) is 22.7 Å². The molecule has 0 amide bonds. The topological polar surface area (TPSA) is 0 Å². The number of hydrogen-bond acceptors (Lipinski definition) is 2. The third kappa shape index (κ3) is 10.3. The molecule has 0 aliphatic carbocycles. The standard InChI is InChI=1S/C26H40Br2S2/c1-2-3-4-5-6-7-8-9-10-14-17-23-21-24(30-26(23)28)25-22(18-20-29-25)16-13-11-12-15-19-27/h18,20-21H,2-17,19H2,1H3. The summed E-state index contributed by atoms with van der Waals surface area (Å²) in [7, 11) is 0. The molecular formula is C26H40Br2S2. The minimum atomic E-state index is 1.14.